The van der Waals surface area contributed by atoms with E-state index in [9.17, 15) is 4.79 Å². The second kappa shape index (κ2) is 10.8. The van der Waals surface area contributed by atoms with Crippen LogP contribution >= 0.6 is 0 Å². The monoisotopic (exact) mass is 421 g/mol. The number of oxazole rings is 1. The molecule has 1 N–H and O–H groups in total. The predicted molar refractivity (Wildman–Crippen MR) is 121 cm³/mol. The fourth-order valence-electron chi connectivity index (χ4n) is 3.30. The highest BCUT2D eigenvalue weighted by Gasteiger charge is 2.21. The Balaban J connectivity index is 1.66. The number of rotatable bonds is 10. The van der Waals surface area contributed by atoms with Gasteiger partial charge >= 0.3 is 0 Å². The minimum absolute atomic E-state index is 0.241. The number of nitrogens with one attached hydrogen (secondary N) is 1. The largest absolute Gasteiger partial charge is 0.497 e. The zero-order valence-corrected chi connectivity index (χ0v) is 18.7. The van der Waals surface area contributed by atoms with E-state index < -0.39 is 0 Å². The smallest absolute Gasteiger partial charge is 0.273 e. The third kappa shape index (κ3) is 6.43. The molecule has 1 atom stereocenters. The first-order valence-electron chi connectivity index (χ1n) is 10.6. The number of nitrogens with zero attached hydrogens (tertiary/aromatic N) is 2. The molecule has 0 aliphatic rings. The zero-order chi connectivity index (χ0) is 22.2. The molecule has 0 saturated heterocycles. The molecule has 3 aromatic rings. The van der Waals surface area contributed by atoms with Crippen molar-refractivity contribution >= 4 is 5.91 Å². The van der Waals surface area contributed by atoms with Gasteiger partial charge in [-0.05, 0) is 36.1 Å². The number of amides is 1. The lowest BCUT2D eigenvalue weighted by atomic mass is 10.0. The van der Waals surface area contributed by atoms with E-state index in [1.54, 1.807) is 7.11 Å². The van der Waals surface area contributed by atoms with E-state index in [4.69, 9.17) is 9.15 Å². The summed E-state index contributed by atoms with van der Waals surface area (Å²) in [7, 11) is 1.67. The van der Waals surface area contributed by atoms with Crippen molar-refractivity contribution in [2.75, 3.05) is 7.11 Å². The molecular formula is C25H31N3O3. The van der Waals surface area contributed by atoms with Crippen molar-refractivity contribution in [3.05, 3.63) is 83.6 Å². The van der Waals surface area contributed by atoms with Crippen LogP contribution in [0.2, 0.25) is 0 Å². The van der Waals surface area contributed by atoms with E-state index in [0.717, 1.165) is 23.4 Å². The molecule has 0 aliphatic carbocycles. The SMILES string of the molecule is COc1cccc(CN(Cc2nc(C(=O)NCc3ccccc3)co2)[C@@H](C)C(C)C)c1. The standard InChI is InChI=1S/C25H31N3O3/c1-18(2)19(3)28(15-21-11-8-12-22(13-21)30-4)16-24-27-23(17-31-24)25(29)26-14-20-9-6-5-7-10-20/h5-13,17-19H,14-16H2,1-4H3,(H,26,29)/t19-/m0/s1. The van der Waals surface area contributed by atoms with Crippen molar-refractivity contribution in [3.63, 3.8) is 0 Å². The normalized spacial score (nSPS) is 12.2. The first kappa shape index (κ1) is 22.6. The maximum atomic E-state index is 12.5. The van der Waals surface area contributed by atoms with Crippen molar-refractivity contribution in [1.29, 1.82) is 0 Å². The first-order chi connectivity index (χ1) is 15.0. The third-order valence-electron chi connectivity index (χ3n) is 5.48. The fraction of sp³-hybridized carbons (Fsp3) is 0.360. The van der Waals surface area contributed by atoms with E-state index in [-0.39, 0.29) is 5.91 Å². The Labute approximate surface area is 184 Å². The van der Waals surface area contributed by atoms with E-state index >= 15 is 0 Å². The summed E-state index contributed by atoms with van der Waals surface area (Å²) in [5, 5.41) is 2.89. The van der Waals surface area contributed by atoms with Crippen LogP contribution in [-0.2, 0) is 19.6 Å². The number of carbonyl (C=O) groups excluding carboxylic acids is 1. The maximum absolute atomic E-state index is 12.5. The molecule has 0 aliphatic heterocycles. The van der Waals surface area contributed by atoms with Crippen molar-refractivity contribution < 1.29 is 13.9 Å². The van der Waals surface area contributed by atoms with Crippen LogP contribution in [-0.4, -0.2) is 28.9 Å². The summed E-state index contributed by atoms with van der Waals surface area (Å²) >= 11 is 0. The van der Waals surface area contributed by atoms with Crippen LogP contribution in [0.3, 0.4) is 0 Å². The van der Waals surface area contributed by atoms with Crippen LogP contribution in [0.5, 0.6) is 5.75 Å². The van der Waals surface area contributed by atoms with Gasteiger partial charge < -0.3 is 14.5 Å². The molecule has 0 bridgehead atoms. The summed E-state index contributed by atoms with van der Waals surface area (Å²) in [6.45, 7) is 8.29. The molecule has 1 amide bonds. The number of aromatic nitrogens is 1. The highest BCUT2D eigenvalue weighted by atomic mass is 16.5. The average Bonchev–Trinajstić information content (AvgIpc) is 3.26. The number of ether oxygens (including phenoxy) is 1. The van der Waals surface area contributed by atoms with Gasteiger partial charge in [0.25, 0.3) is 5.91 Å². The lowest BCUT2D eigenvalue weighted by molar-refractivity contribution is 0.0945. The second-order valence-electron chi connectivity index (χ2n) is 8.04. The minimum atomic E-state index is -0.241. The van der Waals surface area contributed by atoms with Gasteiger partial charge in [-0.25, -0.2) is 4.98 Å². The number of hydrogen-bond acceptors (Lipinski definition) is 5. The molecule has 31 heavy (non-hydrogen) atoms. The van der Waals surface area contributed by atoms with Crippen LogP contribution < -0.4 is 10.1 Å². The predicted octanol–water partition coefficient (Wildman–Crippen LogP) is 4.66. The summed E-state index contributed by atoms with van der Waals surface area (Å²) in [5.74, 6) is 1.58. The topological polar surface area (TPSA) is 67.6 Å². The molecule has 164 valence electrons. The number of carbonyl (C=O) groups is 1. The van der Waals surface area contributed by atoms with Crippen LogP contribution in [0.1, 0.15) is 48.3 Å². The number of benzene rings is 2. The van der Waals surface area contributed by atoms with Gasteiger partial charge in [-0.15, -0.1) is 0 Å². The van der Waals surface area contributed by atoms with E-state index in [0.29, 0.717) is 36.6 Å². The molecular weight excluding hydrogens is 390 g/mol. The Hall–Kier alpha value is -3.12. The average molecular weight is 422 g/mol. The lowest BCUT2D eigenvalue weighted by Gasteiger charge is -2.30. The van der Waals surface area contributed by atoms with Crippen LogP contribution in [0, 0.1) is 5.92 Å². The molecule has 6 heteroatoms. The summed E-state index contributed by atoms with van der Waals surface area (Å²) in [6, 6.07) is 18.1. The first-order valence-corrected chi connectivity index (χ1v) is 10.6. The van der Waals surface area contributed by atoms with Crippen LogP contribution in [0.25, 0.3) is 0 Å². The van der Waals surface area contributed by atoms with E-state index in [1.807, 2.05) is 48.5 Å². The molecule has 0 saturated carbocycles. The summed E-state index contributed by atoms with van der Waals surface area (Å²) in [6.07, 6.45) is 1.43. The Kier molecular flexibility index (Phi) is 7.84. The molecule has 1 aromatic heterocycles. The highest BCUT2D eigenvalue weighted by molar-refractivity contribution is 5.91. The molecule has 0 spiro atoms. The quantitative estimate of drug-likeness (QED) is 0.516. The molecule has 3 rings (SSSR count). The van der Waals surface area contributed by atoms with Crippen LogP contribution in [0.4, 0.5) is 0 Å². The maximum Gasteiger partial charge on any atom is 0.273 e. The summed E-state index contributed by atoms with van der Waals surface area (Å²) in [5.41, 5.74) is 2.48. The summed E-state index contributed by atoms with van der Waals surface area (Å²) in [4.78, 5) is 19.2. The van der Waals surface area contributed by atoms with Gasteiger partial charge in [0.05, 0.1) is 13.7 Å². The van der Waals surface area contributed by atoms with Crippen LogP contribution in [0.15, 0.2) is 65.3 Å². The fourth-order valence-corrected chi connectivity index (χ4v) is 3.30. The lowest BCUT2D eigenvalue weighted by Crippen LogP contribution is -2.36. The summed E-state index contributed by atoms with van der Waals surface area (Å²) < 4.78 is 11.0. The number of methoxy groups -OCH3 is 1. The van der Waals surface area contributed by atoms with Crippen molar-refractivity contribution in [1.82, 2.24) is 15.2 Å². The van der Waals surface area contributed by atoms with Gasteiger partial charge in [0, 0.05) is 19.1 Å². The van der Waals surface area contributed by atoms with Crippen molar-refractivity contribution in [3.8, 4) is 5.75 Å². The van der Waals surface area contributed by atoms with Gasteiger partial charge in [-0.3, -0.25) is 9.69 Å². The molecule has 0 fully saturated rings. The van der Waals surface area contributed by atoms with Crippen molar-refractivity contribution in [2.24, 2.45) is 5.92 Å². The molecule has 1 heterocycles. The van der Waals surface area contributed by atoms with Gasteiger partial charge in [0.1, 0.15) is 12.0 Å². The van der Waals surface area contributed by atoms with Gasteiger partial charge in [-0.2, -0.15) is 0 Å². The Morgan fingerprint density at radius 3 is 2.52 bits per heavy atom. The molecule has 0 radical (unpaired) electrons. The minimum Gasteiger partial charge on any atom is -0.497 e. The molecule has 6 nitrogen and oxygen atoms in total. The van der Waals surface area contributed by atoms with Gasteiger partial charge in [-0.1, -0.05) is 56.3 Å². The zero-order valence-electron chi connectivity index (χ0n) is 18.7. The number of hydrogen-bond donors (Lipinski definition) is 1. The molecule has 2 aromatic carbocycles. The second-order valence-corrected chi connectivity index (χ2v) is 8.04. The third-order valence-corrected chi connectivity index (χ3v) is 5.48. The van der Waals surface area contributed by atoms with Gasteiger partial charge in [0.2, 0.25) is 5.89 Å². The van der Waals surface area contributed by atoms with Gasteiger partial charge in [0.15, 0.2) is 5.69 Å². The Morgan fingerprint density at radius 2 is 1.81 bits per heavy atom. The van der Waals surface area contributed by atoms with E-state index in [1.165, 1.54) is 6.26 Å². The Bertz CT molecular complexity index is 969. The highest BCUT2D eigenvalue weighted by Crippen LogP contribution is 2.20. The molecule has 0 unspecified atom stereocenters. The Morgan fingerprint density at radius 1 is 1.06 bits per heavy atom. The van der Waals surface area contributed by atoms with E-state index in [2.05, 4.69) is 42.0 Å². The van der Waals surface area contributed by atoms with Crippen molar-refractivity contribution in [2.45, 2.75) is 46.4 Å².